The topological polar surface area (TPSA) is 29.1 Å². The summed E-state index contributed by atoms with van der Waals surface area (Å²) in [7, 11) is 0. The van der Waals surface area contributed by atoms with Crippen molar-refractivity contribution in [2.75, 3.05) is 5.32 Å². The molecule has 2 nitrogen and oxygen atoms in total. The van der Waals surface area contributed by atoms with Gasteiger partial charge in [0.15, 0.2) is 0 Å². The molecule has 1 heterocycles. The number of carbonyl (C=O) groups excluding carboxylic acids is 1. The number of amides is 1. The number of hydrogen-bond donors (Lipinski definition) is 1. The molecule has 1 aromatic rings. The molecule has 0 bridgehead atoms. The van der Waals surface area contributed by atoms with Gasteiger partial charge in [0, 0.05) is 21.1 Å². The second-order valence-corrected chi connectivity index (χ2v) is 4.73. The van der Waals surface area contributed by atoms with E-state index < -0.39 is 0 Å². The number of nitrogens with one attached hydrogen (secondary N) is 1. The summed E-state index contributed by atoms with van der Waals surface area (Å²) in [5, 5.41) is 2.84. The van der Waals surface area contributed by atoms with Crippen molar-refractivity contribution < 1.29 is 4.79 Å². The maximum atomic E-state index is 11.1. The van der Waals surface area contributed by atoms with Gasteiger partial charge in [0.05, 0.1) is 0 Å². The molecule has 0 saturated carbocycles. The highest BCUT2D eigenvalue weighted by atomic mass is 79.9. The second-order valence-electron chi connectivity index (χ2n) is 2.96. The molecule has 1 aromatic carbocycles. The molecule has 0 aromatic heterocycles. The van der Waals surface area contributed by atoms with E-state index in [0.717, 1.165) is 21.1 Å². The maximum Gasteiger partial charge on any atom is 0.224 e. The molecule has 68 valence electrons. The van der Waals surface area contributed by atoms with E-state index in [9.17, 15) is 4.79 Å². The third kappa shape index (κ3) is 1.79. The van der Waals surface area contributed by atoms with E-state index in [0.29, 0.717) is 6.42 Å². The summed E-state index contributed by atoms with van der Waals surface area (Å²) < 4.78 is 2.03. The Kier molecular flexibility index (Phi) is 2.43. The largest absolute Gasteiger partial charge is 0.326 e. The highest BCUT2D eigenvalue weighted by molar-refractivity contribution is 9.11. The molecule has 2 rings (SSSR count). The Balaban J connectivity index is 2.53. The number of rotatable bonds is 0. The average molecular weight is 305 g/mol. The van der Waals surface area contributed by atoms with Crippen LogP contribution >= 0.6 is 31.9 Å². The van der Waals surface area contributed by atoms with E-state index in [4.69, 9.17) is 0 Å². The second kappa shape index (κ2) is 3.42. The Bertz CT molecular complexity index is 376. The van der Waals surface area contributed by atoms with Crippen LogP contribution in [0.2, 0.25) is 0 Å². The van der Waals surface area contributed by atoms with Crippen LogP contribution in [0, 0.1) is 0 Å². The molecule has 0 aliphatic carbocycles. The van der Waals surface area contributed by atoms with Crippen LogP contribution in [0.25, 0.3) is 0 Å². The van der Waals surface area contributed by atoms with Crippen LogP contribution in [0.4, 0.5) is 5.69 Å². The van der Waals surface area contributed by atoms with Gasteiger partial charge in [-0.1, -0.05) is 31.9 Å². The lowest BCUT2D eigenvalue weighted by molar-refractivity contribution is -0.116. The Labute approximate surface area is 93.0 Å². The van der Waals surface area contributed by atoms with Gasteiger partial charge in [-0.25, -0.2) is 0 Å². The quantitative estimate of drug-likeness (QED) is 0.784. The lowest BCUT2D eigenvalue weighted by atomic mass is 10.0. The fourth-order valence-corrected chi connectivity index (χ4v) is 2.84. The first kappa shape index (κ1) is 9.21. The summed E-state index contributed by atoms with van der Waals surface area (Å²) in [5.74, 6) is 0.0949. The molecule has 0 radical (unpaired) electrons. The van der Waals surface area contributed by atoms with Crippen LogP contribution in [0.1, 0.15) is 12.0 Å². The summed E-state index contributed by atoms with van der Waals surface area (Å²) in [6.07, 6.45) is 1.39. The molecule has 1 amide bonds. The summed E-state index contributed by atoms with van der Waals surface area (Å²) in [4.78, 5) is 11.1. The third-order valence-electron chi connectivity index (χ3n) is 2.04. The molecule has 13 heavy (non-hydrogen) atoms. The van der Waals surface area contributed by atoms with Gasteiger partial charge in [-0.3, -0.25) is 4.79 Å². The van der Waals surface area contributed by atoms with Crippen molar-refractivity contribution in [1.82, 2.24) is 0 Å². The van der Waals surface area contributed by atoms with Gasteiger partial charge >= 0.3 is 0 Å². The molecule has 0 saturated heterocycles. The lowest BCUT2D eigenvalue weighted by Crippen LogP contribution is -2.19. The van der Waals surface area contributed by atoms with Gasteiger partial charge in [-0.15, -0.1) is 0 Å². The van der Waals surface area contributed by atoms with Gasteiger partial charge in [0.1, 0.15) is 0 Å². The van der Waals surface area contributed by atoms with Crippen LogP contribution in [-0.4, -0.2) is 5.91 Å². The molecule has 4 heteroatoms. The number of halogens is 2. The van der Waals surface area contributed by atoms with Crippen LogP contribution in [0.5, 0.6) is 0 Å². The van der Waals surface area contributed by atoms with E-state index >= 15 is 0 Å². The van der Waals surface area contributed by atoms with Crippen LogP contribution in [0.15, 0.2) is 21.1 Å². The van der Waals surface area contributed by atoms with Gasteiger partial charge in [-0.2, -0.15) is 0 Å². The van der Waals surface area contributed by atoms with E-state index in [1.54, 1.807) is 0 Å². The predicted molar refractivity (Wildman–Crippen MR) is 58.8 cm³/mol. The summed E-state index contributed by atoms with van der Waals surface area (Å²) >= 11 is 6.85. The molecule has 0 spiro atoms. The van der Waals surface area contributed by atoms with Gasteiger partial charge in [-0.05, 0) is 24.1 Å². The normalized spacial score (nSPS) is 15.1. The lowest BCUT2D eigenvalue weighted by Gasteiger charge is -2.18. The first-order valence-electron chi connectivity index (χ1n) is 3.94. The highest BCUT2D eigenvalue weighted by Crippen LogP contribution is 2.32. The number of hydrogen-bond acceptors (Lipinski definition) is 1. The molecular weight excluding hydrogens is 298 g/mol. The van der Waals surface area contributed by atoms with Crippen molar-refractivity contribution in [3.05, 3.63) is 26.6 Å². The minimum Gasteiger partial charge on any atom is -0.326 e. The van der Waals surface area contributed by atoms with Gasteiger partial charge in [0.25, 0.3) is 0 Å². The van der Waals surface area contributed by atoms with Crippen molar-refractivity contribution in [3.8, 4) is 0 Å². The molecule has 0 atom stereocenters. The zero-order valence-electron chi connectivity index (χ0n) is 6.73. The smallest absolute Gasteiger partial charge is 0.224 e. The summed E-state index contributed by atoms with van der Waals surface area (Å²) in [6.45, 7) is 0. The fourth-order valence-electron chi connectivity index (χ4n) is 1.42. The maximum absolute atomic E-state index is 11.1. The predicted octanol–water partition coefficient (Wildman–Crippen LogP) is 3.10. The molecule has 1 aliphatic heterocycles. The first-order valence-corrected chi connectivity index (χ1v) is 5.53. The Morgan fingerprint density at radius 1 is 1.23 bits per heavy atom. The zero-order chi connectivity index (χ0) is 9.42. The number of fused-ring (bicyclic) bond motifs is 1. The highest BCUT2D eigenvalue weighted by Gasteiger charge is 2.17. The number of carbonyl (C=O) groups is 1. The Morgan fingerprint density at radius 2 is 2.00 bits per heavy atom. The van der Waals surface area contributed by atoms with E-state index in [2.05, 4.69) is 37.2 Å². The molecule has 1 aliphatic rings. The Morgan fingerprint density at radius 3 is 2.77 bits per heavy atom. The van der Waals surface area contributed by atoms with Crippen LogP contribution in [-0.2, 0) is 11.2 Å². The summed E-state index contributed by atoms with van der Waals surface area (Å²) in [5.41, 5.74) is 2.10. The van der Waals surface area contributed by atoms with E-state index in [-0.39, 0.29) is 5.91 Å². The average Bonchev–Trinajstić information content (AvgIpc) is 2.02. The zero-order valence-corrected chi connectivity index (χ0v) is 9.91. The fraction of sp³-hybridized carbons (Fsp3) is 0.222. The first-order chi connectivity index (χ1) is 6.16. The monoisotopic (exact) mass is 303 g/mol. The molecular formula is C9H7Br2NO. The van der Waals surface area contributed by atoms with Crippen molar-refractivity contribution in [3.63, 3.8) is 0 Å². The SMILES string of the molecule is O=C1CCc2c(Br)cc(Br)cc2N1. The third-order valence-corrected chi connectivity index (χ3v) is 3.20. The minimum absolute atomic E-state index is 0.0949. The van der Waals surface area contributed by atoms with Crippen LogP contribution in [0.3, 0.4) is 0 Å². The van der Waals surface area contributed by atoms with E-state index in [1.807, 2.05) is 12.1 Å². The van der Waals surface area contributed by atoms with Crippen molar-refractivity contribution in [1.29, 1.82) is 0 Å². The Hall–Kier alpha value is -0.350. The van der Waals surface area contributed by atoms with Gasteiger partial charge in [0.2, 0.25) is 5.91 Å². The van der Waals surface area contributed by atoms with Crippen molar-refractivity contribution in [2.45, 2.75) is 12.8 Å². The molecule has 0 fully saturated rings. The standard InChI is InChI=1S/C9H7Br2NO/c10-5-3-7(11)6-1-2-9(13)12-8(6)4-5/h3-4H,1-2H2,(H,12,13). The van der Waals surface area contributed by atoms with Gasteiger partial charge < -0.3 is 5.32 Å². The number of anilines is 1. The molecule has 1 N–H and O–H groups in total. The number of benzene rings is 1. The van der Waals surface area contributed by atoms with Crippen molar-refractivity contribution in [2.24, 2.45) is 0 Å². The minimum atomic E-state index is 0.0949. The van der Waals surface area contributed by atoms with E-state index in [1.165, 1.54) is 5.56 Å². The van der Waals surface area contributed by atoms with Crippen molar-refractivity contribution >= 4 is 43.5 Å². The molecule has 0 unspecified atom stereocenters. The summed E-state index contributed by atoms with van der Waals surface area (Å²) in [6, 6.07) is 3.92. The van der Waals surface area contributed by atoms with Crippen LogP contribution < -0.4 is 5.32 Å².